The van der Waals surface area contributed by atoms with Crippen LogP contribution in [0.3, 0.4) is 0 Å². The first-order valence-corrected chi connectivity index (χ1v) is 7.42. The molecule has 0 bridgehead atoms. The van der Waals surface area contributed by atoms with E-state index in [1.54, 1.807) is 0 Å². The van der Waals surface area contributed by atoms with E-state index >= 15 is 0 Å². The summed E-state index contributed by atoms with van der Waals surface area (Å²) < 4.78 is 26.3. The fraction of sp³-hybridized carbons (Fsp3) is 0.111. The van der Waals surface area contributed by atoms with E-state index < -0.39 is 23.0 Å². The van der Waals surface area contributed by atoms with E-state index in [0.29, 0.717) is 10.9 Å². The standard InChI is InChI=1S/C18H13F2NO4/c19-13-6-4-10(8-14(13)20)5-7-15(22)12-9-11-2-1-3-16(23)17(11)21(25)18(12)24/h1-4,6,8-9,23,25H,5,7H2. The number of rotatable bonds is 4. The van der Waals surface area contributed by atoms with Crippen LogP contribution in [-0.4, -0.2) is 20.8 Å². The van der Waals surface area contributed by atoms with Gasteiger partial charge in [0.05, 0.1) is 5.56 Å². The molecule has 25 heavy (non-hydrogen) atoms. The number of phenols is 1. The Morgan fingerprint density at radius 3 is 2.56 bits per heavy atom. The lowest BCUT2D eigenvalue weighted by molar-refractivity contribution is 0.0975. The van der Waals surface area contributed by atoms with Gasteiger partial charge in [-0.15, -0.1) is 4.73 Å². The molecule has 0 atom stereocenters. The number of aryl methyl sites for hydroxylation is 1. The predicted octanol–water partition coefficient (Wildman–Crippen LogP) is 3.04. The molecule has 1 aromatic heterocycles. The normalized spacial score (nSPS) is 11.0. The van der Waals surface area contributed by atoms with Crippen LogP contribution in [0.15, 0.2) is 47.3 Å². The van der Waals surface area contributed by atoms with Crippen LogP contribution in [0.4, 0.5) is 8.78 Å². The topological polar surface area (TPSA) is 79.5 Å². The van der Waals surface area contributed by atoms with Crippen LogP contribution in [-0.2, 0) is 6.42 Å². The largest absolute Gasteiger partial charge is 0.506 e. The minimum atomic E-state index is -1.01. The molecule has 3 rings (SSSR count). The summed E-state index contributed by atoms with van der Waals surface area (Å²) in [6.07, 6.45) is -0.0103. The summed E-state index contributed by atoms with van der Waals surface area (Å²) in [6, 6.07) is 8.95. The third kappa shape index (κ3) is 3.08. The number of fused-ring (bicyclic) bond motifs is 1. The van der Waals surface area contributed by atoms with Gasteiger partial charge in [0, 0.05) is 11.8 Å². The number of hydrogen-bond donors (Lipinski definition) is 2. The zero-order valence-electron chi connectivity index (χ0n) is 12.9. The van der Waals surface area contributed by atoms with Crippen molar-refractivity contribution < 1.29 is 23.9 Å². The smallest absolute Gasteiger partial charge is 0.294 e. The van der Waals surface area contributed by atoms with Crippen LogP contribution in [0.1, 0.15) is 22.3 Å². The SMILES string of the molecule is O=C(CCc1ccc(F)c(F)c1)c1cc2cccc(O)c2n(O)c1=O. The van der Waals surface area contributed by atoms with Crippen LogP contribution in [0.5, 0.6) is 5.75 Å². The molecule has 0 radical (unpaired) electrons. The first-order valence-electron chi connectivity index (χ1n) is 7.42. The molecule has 3 aromatic rings. The molecule has 2 N–H and O–H groups in total. The molecule has 0 spiro atoms. The number of ketones is 1. The van der Waals surface area contributed by atoms with Crippen LogP contribution >= 0.6 is 0 Å². The number of aromatic nitrogens is 1. The van der Waals surface area contributed by atoms with Gasteiger partial charge in [-0.25, -0.2) is 8.78 Å². The number of phenolic OH excluding ortho intramolecular Hbond substituents is 1. The zero-order valence-corrected chi connectivity index (χ0v) is 12.9. The van der Waals surface area contributed by atoms with Gasteiger partial charge in [0.25, 0.3) is 5.56 Å². The lowest BCUT2D eigenvalue weighted by atomic mass is 10.0. The molecule has 1 heterocycles. The molecule has 0 aliphatic heterocycles. The number of halogens is 2. The second-order valence-corrected chi connectivity index (χ2v) is 5.56. The molecule has 7 heteroatoms. The second kappa shape index (κ2) is 6.35. The molecule has 0 saturated carbocycles. The Labute approximate surface area is 140 Å². The fourth-order valence-corrected chi connectivity index (χ4v) is 2.62. The summed E-state index contributed by atoms with van der Waals surface area (Å²) in [6.45, 7) is 0. The van der Waals surface area contributed by atoms with Gasteiger partial charge in [-0.1, -0.05) is 18.2 Å². The summed E-state index contributed by atoms with van der Waals surface area (Å²) in [7, 11) is 0. The minimum absolute atomic E-state index is 0.0929. The van der Waals surface area contributed by atoms with E-state index in [4.69, 9.17) is 0 Å². The van der Waals surface area contributed by atoms with E-state index in [1.807, 2.05) is 0 Å². The third-order valence-corrected chi connectivity index (χ3v) is 3.91. The van der Waals surface area contributed by atoms with Crippen molar-refractivity contribution in [1.29, 1.82) is 0 Å². The average Bonchev–Trinajstić information content (AvgIpc) is 2.58. The predicted molar refractivity (Wildman–Crippen MR) is 86.1 cm³/mol. The van der Waals surface area contributed by atoms with Gasteiger partial charge < -0.3 is 10.3 Å². The summed E-state index contributed by atoms with van der Waals surface area (Å²) >= 11 is 0. The van der Waals surface area contributed by atoms with E-state index in [0.717, 1.165) is 12.1 Å². The fourth-order valence-electron chi connectivity index (χ4n) is 2.62. The van der Waals surface area contributed by atoms with Crippen molar-refractivity contribution in [3.63, 3.8) is 0 Å². The minimum Gasteiger partial charge on any atom is -0.506 e. The van der Waals surface area contributed by atoms with E-state index in [9.17, 15) is 28.7 Å². The van der Waals surface area contributed by atoms with Crippen molar-refractivity contribution in [3.8, 4) is 5.75 Å². The molecule has 0 aliphatic rings. The maximum Gasteiger partial charge on any atom is 0.294 e. The second-order valence-electron chi connectivity index (χ2n) is 5.56. The molecule has 0 amide bonds. The van der Waals surface area contributed by atoms with Gasteiger partial charge in [-0.05, 0) is 36.2 Å². The van der Waals surface area contributed by atoms with Crippen molar-refractivity contribution in [3.05, 3.63) is 75.6 Å². The van der Waals surface area contributed by atoms with Crippen molar-refractivity contribution in [2.75, 3.05) is 0 Å². The number of pyridine rings is 1. The Bertz CT molecular complexity index is 1040. The number of carbonyl (C=O) groups is 1. The monoisotopic (exact) mass is 345 g/mol. The maximum absolute atomic E-state index is 13.2. The van der Waals surface area contributed by atoms with Crippen LogP contribution in [0, 0.1) is 11.6 Å². The first-order chi connectivity index (χ1) is 11.9. The van der Waals surface area contributed by atoms with Gasteiger partial charge in [0.1, 0.15) is 11.3 Å². The Morgan fingerprint density at radius 2 is 1.84 bits per heavy atom. The third-order valence-electron chi connectivity index (χ3n) is 3.91. The Balaban J connectivity index is 1.91. The first kappa shape index (κ1) is 16.6. The molecule has 0 aliphatic carbocycles. The molecular formula is C18H13F2NO4. The summed E-state index contributed by atoms with van der Waals surface area (Å²) in [5.74, 6) is -2.84. The van der Waals surface area contributed by atoms with E-state index in [-0.39, 0.29) is 34.4 Å². The van der Waals surface area contributed by atoms with Gasteiger partial charge >= 0.3 is 0 Å². The van der Waals surface area contributed by atoms with E-state index in [2.05, 4.69) is 0 Å². The van der Waals surface area contributed by atoms with Gasteiger partial charge in [-0.2, -0.15) is 0 Å². The highest BCUT2D eigenvalue weighted by molar-refractivity contribution is 5.99. The average molecular weight is 345 g/mol. The lowest BCUT2D eigenvalue weighted by Gasteiger charge is -2.08. The molecule has 2 aromatic carbocycles. The number of aromatic hydroxyl groups is 1. The van der Waals surface area contributed by atoms with Gasteiger partial charge in [0.15, 0.2) is 17.4 Å². The van der Waals surface area contributed by atoms with Crippen LogP contribution < -0.4 is 5.56 Å². The Kier molecular flexibility index (Phi) is 4.22. The highest BCUT2D eigenvalue weighted by Crippen LogP contribution is 2.23. The van der Waals surface area contributed by atoms with Gasteiger partial charge in [-0.3, -0.25) is 9.59 Å². The molecular weight excluding hydrogens is 332 g/mol. The number of para-hydroxylation sites is 1. The molecule has 0 saturated heterocycles. The molecule has 5 nitrogen and oxygen atoms in total. The Morgan fingerprint density at radius 1 is 1.08 bits per heavy atom. The van der Waals surface area contributed by atoms with E-state index in [1.165, 1.54) is 30.3 Å². The van der Waals surface area contributed by atoms with Gasteiger partial charge in [0.2, 0.25) is 0 Å². The number of carbonyl (C=O) groups excluding carboxylic acids is 1. The highest BCUT2D eigenvalue weighted by Gasteiger charge is 2.17. The van der Waals surface area contributed by atoms with Crippen LogP contribution in [0.25, 0.3) is 10.9 Å². The number of hydrogen-bond acceptors (Lipinski definition) is 4. The highest BCUT2D eigenvalue weighted by atomic mass is 19.2. The lowest BCUT2D eigenvalue weighted by Crippen LogP contribution is -2.25. The van der Waals surface area contributed by atoms with Crippen molar-refractivity contribution >= 4 is 16.7 Å². The number of nitrogens with zero attached hydrogens (tertiary/aromatic N) is 1. The summed E-state index contributed by atoms with van der Waals surface area (Å²) in [5.41, 5.74) is -0.882. The zero-order chi connectivity index (χ0) is 18.1. The maximum atomic E-state index is 13.2. The summed E-state index contributed by atoms with van der Waals surface area (Å²) in [5, 5.41) is 20.0. The molecule has 0 fully saturated rings. The number of Topliss-reactive ketones (excluding diaryl/α,β-unsaturated/α-hetero) is 1. The molecule has 128 valence electrons. The molecule has 0 unspecified atom stereocenters. The Hall–Kier alpha value is -3.22. The number of benzene rings is 2. The van der Waals surface area contributed by atoms with Crippen LogP contribution in [0.2, 0.25) is 0 Å². The van der Waals surface area contributed by atoms with Crippen molar-refractivity contribution in [1.82, 2.24) is 4.73 Å². The summed E-state index contributed by atoms with van der Waals surface area (Å²) in [4.78, 5) is 24.5. The van der Waals surface area contributed by atoms with Crippen molar-refractivity contribution in [2.45, 2.75) is 12.8 Å². The quantitative estimate of drug-likeness (QED) is 0.563. The van der Waals surface area contributed by atoms with Crippen molar-refractivity contribution in [2.24, 2.45) is 0 Å².